The van der Waals surface area contributed by atoms with E-state index in [-0.39, 0.29) is 16.3 Å². The van der Waals surface area contributed by atoms with Crippen molar-refractivity contribution in [2.45, 2.75) is 18.4 Å². The van der Waals surface area contributed by atoms with Crippen molar-refractivity contribution in [3.05, 3.63) is 40.3 Å². The molecular weight excluding hydrogens is 362 g/mol. The minimum absolute atomic E-state index is 0.0269. The maximum atomic E-state index is 12.2. The number of halogens is 1. The Labute approximate surface area is 129 Å². The van der Waals surface area contributed by atoms with Crippen LogP contribution in [0.1, 0.15) is 23.1 Å². The molecule has 1 aromatic heterocycles. The van der Waals surface area contributed by atoms with Crippen molar-refractivity contribution in [1.82, 2.24) is 9.97 Å². The number of carboxylic acid groups (broad SMARTS) is 1. The summed E-state index contributed by atoms with van der Waals surface area (Å²) in [6, 6.07) is 4.09. The maximum absolute atomic E-state index is 12.2. The van der Waals surface area contributed by atoms with Crippen LogP contribution in [0.15, 0.2) is 33.9 Å². The quantitative estimate of drug-likeness (QED) is 0.743. The molecular formula is C12H12BrN3O4S. The molecule has 7 nitrogen and oxygen atoms in total. The minimum atomic E-state index is -3.84. The lowest BCUT2D eigenvalue weighted by Crippen LogP contribution is -2.14. The fourth-order valence-electron chi connectivity index (χ4n) is 1.64. The molecule has 0 aliphatic carbocycles. The maximum Gasteiger partial charge on any atom is 0.335 e. The van der Waals surface area contributed by atoms with Crippen LogP contribution in [0.25, 0.3) is 0 Å². The third kappa shape index (κ3) is 3.61. The van der Waals surface area contributed by atoms with Gasteiger partial charge in [0.05, 0.1) is 17.4 Å². The number of imidazole rings is 1. The highest BCUT2D eigenvalue weighted by atomic mass is 79.9. The number of H-pyrrole nitrogens is 1. The SMILES string of the molecule is CCc1ncc(S(=O)(=O)Nc2cc(Br)cc(C(=O)O)c2)[nH]1. The normalized spacial score (nSPS) is 11.3. The molecule has 0 amide bonds. The summed E-state index contributed by atoms with van der Waals surface area (Å²) in [5.41, 5.74) is 0.121. The number of aryl methyl sites for hydroxylation is 1. The van der Waals surface area contributed by atoms with Crippen LogP contribution in [0.2, 0.25) is 0 Å². The van der Waals surface area contributed by atoms with E-state index in [2.05, 4.69) is 30.6 Å². The molecule has 0 aliphatic rings. The van der Waals surface area contributed by atoms with Crippen molar-refractivity contribution in [3.63, 3.8) is 0 Å². The molecule has 3 N–H and O–H groups in total. The lowest BCUT2D eigenvalue weighted by molar-refractivity contribution is 0.0697. The molecule has 0 bridgehead atoms. The highest BCUT2D eigenvalue weighted by molar-refractivity contribution is 9.10. The molecule has 0 saturated carbocycles. The van der Waals surface area contributed by atoms with Crippen molar-refractivity contribution in [2.75, 3.05) is 4.72 Å². The van der Waals surface area contributed by atoms with E-state index in [1.54, 1.807) is 0 Å². The van der Waals surface area contributed by atoms with E-state index >= 15 is 0 Å². The zero-order chi connectivity index (χ0) is 15.6. The van der Waals surface area contributed by atoms with Crippen molar-refractivity contribution in [1.29, 1.82) is 0 Å². The number of benzene rings is 1. The van der Waals surface area contributed by atoms with Gasteiger partial charge in [0, 0.05) is 10.9 Å². The Morgan fingerprint density at radius 2 is 2.14 bits per heavy atom. The topological polar surface area (TPSA) is 112 Å². The summed E-state index contributed by atoms with van der Waals surface area (Å²) in [5, 5.41) is 8.90. The zero-order valence-electron chi connectivity index (χ0n) is 10.9. The molecule has 21 heavy (non-hydrogen) atoms. The first-order valence-electron chi connectivity index (χ1n) is 5.92. The summed E-state index contributed by atoms with van der Waals surface area (Å²) in [4.78, 5) is 17.6. The van der Waals surface area contributed by atoms with E-state index in [1.807, 2.05) is 6.92 Å². The van der Waals surface area contributed by atoms with Crippen LogP contribution in [-0.4, -0.2) is 29.5 Å². The molecule has 0 saturated heterocycles. The van der Waals surface area contributed by atoms with E-state index < -0.39 is 16.0 Å². The number of aromatic nitrogens is 2. The van der Waals surface area contributed by atoms with Crippen LogP contribution >= 0.6 is 15.9 Å². The number of nitrogens with one attached hydrogen (secondary N) is 2. The molecule has 1 heterocycles. The van der Waals surface area contributed by atoms with Gasteiger partial charge in [-0.25, -0.2) is 9.78 Å². The number of sulfonamides is 1. The summed E-state index contributed by atoms with van der Waals surface area (Å²) < 4.78 is 27.1. The van der Waals surface area contributed by atoms with Crippen LogP contribution in [0.4, 0.5) is 5.69 Å². The van der Waals surface area contributed by atoms with E-state index in [1.165, 1.54) is 24.4 Å². The predicted octanol–water partition coefficient (Wildman–Crippen LogP) is 2.23. The largest absolute Gasteiger partial charge is 0.478 e. The number of aromatic carboxylic acids is 1. The van der Waals surface area contributed by atoms with Crippen molar-refractivity contribution < 1.29 is 18.3 Å². The summed E-state index contributed by atoms with van der Waals surface area (Å²) in [5.74, 6) is -0.595. The Morgan fingerprint density at radius 3 is 2.71 bits per heavy atom. The van der Waals surface area contributed by atoms with Gasteiger partial charge in [0.2, 0.25) is 0 Å². The van der Waals surface area contributed by atoms with Crippen LogP contribution in [0.3, 0.4) is 0 Å². The highest BCUT2D eigenvalue weighted by Crippen LogP contribution is 2.22. The molecule has 112 valence electrons. The van der Waals surface area contributed by atoms with Gasteiger partial charge in [0.1, 0.15) is 5.82 Å². The third-order valence-corrected chi connectivity index (χ3v) is 4.38. The first-order chi connectivity index (χ1) is 9.81. The average Bonchev–Trinajstić information content (AvgIpc) is 2.86. The van der Waals surface area contributed by atoms with E-state index in [0.717, 1.165) is 0 Å². The van der Waals surface area contributed by atoms with Gasteiger partial charge in [-0.3, -0.25) is 4.72 Å². The van der Waals surface area contributed by atoms with Gasteiger partial charge < -0.3 is 10.1 Å². The van der Waals surface area contributed by atoms with Crippen molar-refractivity contribution >= 4 is 37.6 Å². The fraction of sp³-hybridized carbons (Fsp3) is 0.167. The first-order valence-corrected chi connectivity index (χ1v) is 8.20. The summed E-state index contributed by atoms with van der Waals surface area (Å²) in [7, 11) is -3.84. The van der Waals surface area contributed by atoms with Crippen LogP contribution in [0, 0.1) is 0 Å². The Hall–Kier alpha value is -1.87. The number of nitrogens with zero attached hydrogens (tertiary/aromatic N) is 1. The smallest absolute Gasteiger partial charge is 0.335 e. The lowest BCUT2D eigenvalue weighted by atomic mass is 10.2. The van der Waals surface area contributed by atoms with Crippen LogP contribution in [0.5, 0.6) is 0 Å². The summed E-state index contributed by atoms with van der Waals surface area (Å²) in [6.45, 7) is 1.84. The molecule has 0 fully saturated rings. The van der Waals surface area contributed by atoms with Gasteiger partial charge in [0.15, 0.2) is 5.03 Å². The van der Waals surface area contributed by atoms with Gasteiger partial charge in [-0.05, 0) is 18.2 Å². The summed E-state index contributed by atoms with van der Waals surface area (Å²) in [6.07, 6.45) is 1.80. The number of hydrogen-bond acceptors (Lipinski definition) is 4. The molecule has 0 radical (unpaired) electrons. The van der Waals surface area contributed by atoms with E-state index in [0.29, 0.717) is 16.7 Å². The van der Waals surface area contributed by atoms with Gasteiger partial charge in [0.25, 0.3) is 10.0 Å². The second kappa shape index (κ2) is 5.86. The average molecular weight is 374 g/mol. The molecule has 2 rings (SSSR count). The number of carboxylic acids is 1. The second-order valence-electron chi connectivity index (χ2n) is 4.19. The molecule has 0 atom stereocenters. The molecule has 9 heteroatoms. The van der Waals surface area contributed by atoms with E-state index in [9.17, 15) is 13.2 Å². The monoisotopic (exact) mass is 373 g/mol. The number of anilines is 1. The predicted molar refractivity (Wildman–Crippen MR) is 79.9 cm³/mol. The number of carbonyl (C=O) groups is 1. The minimum Gasteiger partial charge on any atom is -0.478 e. The molecule has 0 aliphatic heterocycles. The van der Waals surface area contributed by atoms with Gasteiger partial charge >= 0.3 is 5.97 Å². The molecule has 2 aromatic rings. The lowest BCUT2D eigenvalue weighted by Gasteiger charge is -2.08. The third-order valence-electron chi connectivity index (χ3n) is 2.63. The molecule has 0 spiro atoms. The van der Waals surface area contributed by atoms with Gasteiger partial charge in [-0.15, -0.1) is 0 Å². The van der Waals surface area contributed by atoms with Gasteiger partial charge in [-0.2, -0.15) is 8.42 Å². The zero-order valence-corrected chi connectivity index (χ0v) is 13.3. The molecule has 0 unspecified atom stereocenters. The van der Waals surface area contributed by atoms with Crippen molar-refractivity contribution in [2.24, 2.45) is 0 Å². The second-order valence-corrected chi connectivity index (χ2v) is 6.75. The number of hydrogen-bond donors (Lipinski definition) is 3. The Balaban J connectivity index is 2.34. The fourth-order valence-corrected chi connectivity index (χ4v) is 3.12. The highest BCUT2D eigenvalue weighted by Gasteiger charge is 2.18. The van der Waals surface area contributed by atoms with Gasteiger partial charge in [-0.1, -0.05) is 22.9 Å². The van der Waals surface area contributed by atoms with Crippen LogP contribution in [-0.2, 0) is 16.4 Å². The van der Waals surface area contributed by atoms with Crippen molar-refractivity contribution in [3.8, 4) is 0 Å². The summed E-state index contributed by atoms with van der Waals surface area (Å²) >= 11 is 3.14. The number of rotatable bonds is 5. The number of aromatic amines is 1. The van der Waals surface area contributed by atoms with E-state index in [4.69, 9.17) is 5.11 Å². The standard InChI is InChI=1S/C12H12BrN3O4S/c1-2-10-14-6-11(15-10)21(19,20)16-9-4-7(12(17)18)3-8(13)5-9/h3-6,16H,2H2,1H3,(H,14,15)(H,17,18). The Morgan fingerprint density at radius 1 is 1.43 bits per heavy atom. The molecule has 1 aromatic carbocycles. The Bertz CT molecular complexity index is 786. The first kappa shape index (κ1) is 15.5. The van der Waals surface area contributed by atoms with Crippen LogP contribution < -0.4 is 4.72 Å². The Kier molecular flexibility index (Phi) is 4.33.